The Hall–Kier alpha value is -2.39. The molecular formula is C14H11NO6S2. The minimum absolute atomic E-state index is 0.0171. The van der Waals surface area contributed by atoms with E-state index in [9.17, 15) is 19.5 Å². The number of phenols is 1. The Balaban J connectivity index is 2.32. The van der Waals surface area contributed by atoms with E-state index in [0.717, 1.165) is 16.7 Å². The molecule has 23 heavy (non-hydrogen) atoms. The Labute approximate surface area is 140 Å². The van der Waals surface area contributed by atoms with Crippen molar-refractivity contribution in [2.75, 3.05) is 0 Å². The molecule has 1 atom stereocenters. The molecule has 2 rings (SSSR count). The Bertz CT molecular complexity index is 730. The number of phenolic OH excluding ortho intramolecular Hbond substituents is 1. The van der Waals surface area contributed by atoms with Crippen LogP contribution in [0, 0.1) is 0 Å². The lowest BCUT2D eigenvalue weighted by molar-refractivity contribution is -0.150. The van der Waals surface area contributed by atoms with Crippen LogP contribution >= 0.6 is 24.0 Å². The maximum Gasteiger partial charge on any atom is 0.327 e. The number of carbonyl (C=O) groups is 3. The fourth-order valence-electron chi connectivity index (χ4n) is 1.97. The number of benzene rings is 1. The first-order valence-corrected chi connectivity index (χ1v) is 7.52. The predicted octanol–water partition coefficient (Wildman–Crippen LogP) is 1.52. The van der Waals surface area contributed by atoms with Crippen molar-refractivity contribution in [1.29, 1.82) is 0 Å². The molecule has 0 spiro atoms. The topological polar surface area (TPSA) is 115 Å². The van der Waals surface area contributed by atoms with Gasteiger partial charge in [0.25, 0.3) is 5.91 Å². The summed E-state index contributed by atoms with van der Waals surface area (Å²) in [5.41, 5.74) is 0.538. The zero-order chi connectivity index (χ0) is 17.1. The van der Waals surface area contributed by atoms with Crippen LogP contribution in [0.4, 0.5) is 0 Å². The molecule has 9 heteroatoms. The molecule has 0 radical (unpaired) electrons. The Morgan fingerprint density at radius 3 is 2.61 bits per heavy atom. The summed E-state index contributed by atoms with van der Waals surface area (Å²) in [4.78, 5) is 35.4. The molecule has 1 aromatic carbocycles. The summed E-state index contributed by atoms with van der Waals surface area (Å²) in [7, 11) is 0. The van der Waals surface area contributed by atoms with Crippen LogP contribution in [0.1, 0.15) is 12.0 Å². The van der Waals surface area contributed by atoms with Crippen molar-refractivity contribution in [1.82, 2.24) is 4.90 Å². The van der Waals surface area contributed by atoms with E-state index in [2.05, 4.69) is 0 Å². The van der Waals surface area contributed by atoms with Gasteiger partial charge in [-0.05, 0) is 23.8 Å². The molecule has 1 unspecified atom stereocenters. The Morgan fingerprint density at radius 2 is 2.04 bits per heavy atom. The standard InChI is InChI=1S/C14H11NO6S2/c16-8-3-1-2-7(4-8)5-10-12(19)15(14(22)23-10)9(13(20)21)6-11(17)18/h1-5,9,16H,6H2,(H,17,18)(H,20,21)/b10-5-. The fourth-order valence-corrected chi connectivity index (χ4v) is 3.33. The summed E-state index contributed by atoms with van der Waals surface area (Å²) in [6.45, 7) is 0. The fraction of sp³-hybridized carbons (Fsp3) is 0.143. The van der Waals surface area contributed by atoms with Crippen LogP contribution in [-0.4, -0.2) is 48.4 Å². The van der Waals surface area contributed by atoms with Crippen molar-refractivity contribution in [2.24, 2.45) is 0 Å². The van der Waals surface area contributed by atoms with E-state index >= 15 is 0 Å². The average Bonchev–Trinajstić information content (AvgIpc) is 2.71. The van der Waals surface area contributed by atoms with Gasteiger partial charge in [-0.2, -0.15) is 0 Å². The second-order valence-corrected chi connectivity index (χ2v) is 6.27. The van der Waals surface area contributed by atoms with Crippen LogP contribution in [-0.2, 0) is 14.4 Å². The number of amides is 1. The maximum atomic E-state index is 12.4. The lowest BCUT2D eigenvalue weighted by Crippen LogP contribution is -2.45. The van der Waals surface area contributed by atoms with Gasteiger partial charge in [0.15, 0.2) is 0 Å². The molecular weight excluding hydrogens is 342 g/mol. The quantitative estimate of drug-likeness (QED) is 0.539. The van der Waals surface area contributed by atoms with Crippen molar-refractivity contribution in [3.63, 3.8) is 0 Å². The van der Waals surface area contributed by atoms with Gasteiger partial charge in [0, 0.05) is 0 Å². The van der Waals surface area contributed by atoms with Crippen molar-refractivity contribution >= 4 is 52.2 Å². The number of rotatable bonds is 5. The van der Waals surface area contributed by atoms with Gasteiger partial charge in [-0.15, -0.1) is 0 Å². The smallest absolute Gasteiger partial charge is 0.327 e. The number of hydrogen-bond acceptors (Lipinski definition) is 6. The number of thioether (sulfide) groups is 1. The van der Waals surface area contributed by atoms with Crippen LogP contribution in [0.25, 0.3) is 6.08 Å². The van der Waals surface area contributed by atoms with Gasteiger partial charge in [0.2, 0.25) is 0 Å². The summed E-state index contributed by atoms with van der Waals surface area (Å²) in [6.07, 6.45) is 0.708. The third-order valence-electron chi connectivity index (χ3n) is 2.96. The average molecular weight is 353 g/mol. The van der Waals surface area contributed by atoms with Crippen LogP contribution < -0.4 is 0 Å². The first-order valence-electron chi connectivity index (χ1n) is 6.30. The summed E-state index contributed by atoms with van der Waals surface area (Å²) < 4.78 is -0.0185. The van der Waals surface area contributed by atoms with E-state index in [1.54, 1.807) is 12.1 Å². The van der Waals surface area contributed by atoms with Gasteiger partial charge in [0.1, 0.15) is 16.1 Å². The number of carboxylic acids is 2. The summed E-state index contributed by atoms with van der Waals surface area (Å²) >= 11 is 5.89. The van der Waals surface area contributed by atoms with Gasteiger partial charge in [-0.1, -0.05) is 36.1 Å². The third kappa shape index (κ3) is 3.88. The lowest BCUT2D eigenvalue weighted by atomic mass is 10.1. The van der Waals surface area contributed by atoms with Crippen molar-refractivity contribution in [3.8, 4) is 5.75 Å². The number of aromatic hydroxyl groups is 1. The van der Waals surface area contributed by atoms with E-state index in [1.807, 2.05) is 0 Å². The number of carbonyl (C=O) groups excluding carboxylic acids is 1. The molecule has 0 aliphatic carbocycles. The van der Waals surface area contributed by atoms with Gasteiger partial charge in [-0.3, -0.25) is 14.5 Å². The highest BCUT2D eigenvalue weighted by atomic mass is 32.2. The molecule has 1 aromatic rings. The van der Waals surface area contributed by atoms with Crippen molar-refractivity contribution in [2.45, 2.75) is 12.5 Å². The van der Waals surface area contributed by atoms with E-state index in [1.165, 1.54) is 18.2 Å². The maximum absolute atomic E-state index is 12.4. The highest BCUT2D eigenvalue weighted by Gasteiger charge is 2.41. The molecule has 1 aliphatic heterocycles. The van der Waals surface area contributed by atoms with Crippen LogP contribution in [0.5, 0.6) is 5.75 Å². The van der Waals surface area contributed by atoms with Crippen LogP contribution in [0.3, 0.4) is 0 Å². The normalized spacial score (nSPS) is 17.6. The Kier molecular flexibility index (Phi) is 5.02. The molecule has 120 valence electrons. The zero-order valence-electron chi connectivity index (χ0n) is 11.5. The minimum Gasteiger partial charge on any atom is -0.508 e. The van der Waals surface area contributed by atoms with Gasteiger partial charge < -0.3 is 15.3 Å². The largest absolute Gasteiger partial charge is 0.508 e. The monoisotopic (exact) mass is 353 g/mol. The molecule has 1 aliphatic rings. The Morgan fingerprint density at radius 1 is 1.35 bits per heavy atom. The minimum atomic E-state index is -1.56. The molecule has 1 saturated heterocycles. The third-order valence-corrected chi connectivity index (χ3v) is 4.29. The summed E-state index contributed by atoms with van der Waals surface area (Å²) in [6, 6.07) is 4.58. The molecule has 0 aromatic heterocycles. The summed E-state index contributed by atoms with van der Waals surface area (Å²) in [5, 5.41) is 27.4. The molecule has 1 fully saturated rings. The zero-order valence-corrected chi connectivity index (χ0v) is 13.1. The number of carboxylic acid groups (broad SMARTS) is 2. The SMILES string of the molecule is O=C(O)CC(C(=O)O)N1C(=O)/C(=C/c2cccc(O)c2)SC1=S. The first-order chi connectivity index (χ1) is 10.8. The molecule has 3 N–H and O–H groups in total. The van der Waals surface area contributed by atoms with Crippen LogP contribution in [0.15, 0.2) is 29.2 Å². The predicted molar refractivity (Wildman–Crippen MR) is 86.8 cm³/mol. The van der Waals surface area contributed by atoms with Gasteiger partial charge in [0.05, 0.1) is 11.3 Å². The molecule has 7 nitrogen and oxygen atoms in total. The number of aliphatic carboxylic acids is 2. The van der Waals surface area contributed by atoms with Crippen molar-refractivity contribution < 1.29 is 29.7 Å². The summed E-state index contributed by atoms with van der Waals surface area (Å²) in [5.74, 6) is -3.44. The highest BCUT2D eigenvalue weighted by molar-refractivity contribution is 8.26. The van der Waals surface area contributed by atoms with Crippen molar-refractivity contribution in [3.05, 3.63) is 34.7 Å². The second-order valence-electron chi connectivity index (χ2n) is 4.60. The van der Waals surface area contributed by atoms with E-state index in [0.29, 0.717) is 5.56 Å². The van der Waals surface area contributed by atoms with E-state index < -0.39 is 30.3 Å². The molecule has 1 amide bonds. The highest BCUT2D eigenvalue weighted by Crippen LogP contribution is 2.34. The molecule has 1 heterocycles. The van der Waals surface area contributed by atoms with E-state index in [-0.39, 0.29) is 15.0 Å². The van der Waals surface area contributed by atoms with E-state index in [4.69, 9.17) is 22.4 Å². The number of nitrogens with zero attached hydrogens (tertiary/aromatic N) is 1. The molecule has 0 saturated carbocycles. The van der Waals surface area contributed by atoms with Gasteiger partial charge in [-0.25, -0.2) is 4.79 Å². The lowest BCUT2D eigenvalue weighted by Gasteiger charge is -2.21. The van der Waals surface area contributed by atoms with Gasteiger partial charge >= 0.3 is 11.9 Å². The molecule has 0 bridgehead atoms. The second kappa shape index (κ2) is 6.80. The van der Waals surface area contributed by atoms with Crippen LogP contribution in [0.2, 0.25) is 0 Å². The number of thiocarbonyl (C=S) groups is 1. The first kappa shape index (κ1) is 17.0. The number of hydrogen-bond donors (Lipinski definition) is 3.